The minimum atomic E-state index is -3.60. The van der Waals surface area contributed by atoms with E-state index in [1.807, 2.05) is 12.1 Å². The smallest absolute Gasteiger partial charge is 0.269 e. The van der Waals surface area contributed by atoms with E-state index in [9.17, 15) is 13.2 Å². The number of amides is 1. The maximum absolute atomic E-state index is 12.8. The molecular formula is C19H26N4O4S3. The number of thioether (sulfide) groups is 1. The van der Waals surface area contributed by atoms with Gasteiger partial charge in [-0.2, -0.15) is 0 Å². The summed E-state index contributed by atoms with van der Waals surface area (Å²) in [6, 6.07) is 5.42. The number of anilines is 2. The van der Waals surface area contributed by atoms with Crippen LogP contribution in [0, 0.1) is 0 Å². The van der Waals surface area contributed by atoms with E-state index >= 15 is 0 Å². The summed E-state index contributed by atoms with van der Waals surface area (Å²) < 4.78 is 32.8. The molecule has 1 N–H and O–H groups in total. The largest absolute Gasteiger partial charge is 0.476 e. The van der Waals surface area contributed by atoms with Crippen LogP contribution in [0.4, 0.5) is 10.8 Å². The predicted octanol–water partition coefficient (Wildman–Crippen LogP) is 3.50. The first-order valence-corrected chi connectivity index (χ1v) is 13.2. The van der Waals surface area contributed by atoms with Crippen LogP contribution in [0.3, 0.4) is 0 Å². The van der Waals surface area contributed by atoms with E-state index in [4.69, 9.17) is 4.74 Å². The minimum absolute atomic E-state index is 0.110. The highest BCUT2D eigenvalue weighted by Gasteiger charge is 2.36. The lowest BCUT2D eigenvalue weighted by atomic mass is 9.86. The quantitative estimate of drug-likeness (QED) is 0.509. The van der Waals surface area contributed by atoms with Crippen LogP contribution in [0.15, 0.2) is 22.5 Å². The summed E-state index contributed by atoms with van der Waals surface area (Å²) in [6.07, 6.45) is 1.14. The molecule has 1 aliphatic rings. The first-order chi connectivity index (χ1) is 14.0. The molecule has 0 unspecified atom stereocenters. The van der Waals surface area contributed by atoms with Gasteiger partial charge in [-0.3, -0.25) is 14.4 Å². The number of hydrogen-bond acceptors (Lipinski definition) is 8. The van der Waals surface area contributed by atoms with E-state index in [-0.39, 0.29) is 12.0 Å². The third-order valence-electron chi connectivity index (χ3n) is 4.45. The molecule has 0 spiro atoms. The van der Waals surface area contributed by atoms with E-state index in [1.54, 1.807) is 17.8 Å². The molecule has 164 valence electrons. The van der Waals surface area contributed by atoms with Gasteiger partial charge in [-0.05, 0) is 29.5 Å². The molecule has 8 nitrogen and oxygen atoms in total. The van der Waals surface area contributed by atoms with Gasteiger partial charge in [0.05, 0.1) is 18.5 Å². The molecule has 1 amide bonds. The molecule has 1 aromatic carbocycles. The Labute approximate surface area is 185 Å². The van der Waals surface area contributed by atoms with E-state index in [1.165, 1.54) is 15.6 Å². The van der Waals surface area contributed by atoms with Gasteiger partial charge in [-0.25, -0.2) is 8.42 Å². The molecule has 2 aromatic rings. The molecule has 1 aliphatic heterocycles. The van der Waals surface area contributed by atoms with E-state index < -0.39 is 22.0 Å². The summed E-state index contributed by atoms with van der Waals surface area (Å²) in [5.74, 6) is 0.819. The highest BCUT2D eigenvalue weighted by atomic mass is 32.2. The van der Waals surface area contributed by atoms with Crippen LogP contribution < -0.4 is 14.4 Å². The van der Waals surface area contributed by atoms with Crippen molar-refractivity contribution in [2.24, 2.45) is 0 Å². The van der Waals surface area contributed by atoms with E-state index in [2.05, 4.69) is 43.2 Å². The molecule has 0 fully saturated rings. The zero-order valence-electron chi connectivity index (χ0n) is 17.6. The van der Waals surface area contributed by atoms with Gasteiger partial charge >= 0.3 is 0 Å². The van der Waals surface area contributed by atoms with E-state index in [0.29, 0.717) is 16.6 Å². The number of ether oxygens (including phenoxy) is 1. The number of aromatic nitrogens is 2. The van der Waals surface area contributed by atoms with Crippen LogP contribution in [-0.2, 0) is 20.2 Å². The molecule has 3 rings (SSSR count). The van der Waals surface area contributed by atoms with Gasteiger partial charge in [-0.15, -0.1) is 10.2 Å². The highest BCUT2D eigenvalue weighted by Crippen LogP contribution is 2.38. The Morgan fingerprint density at radius 1 is 1.37 bits per heavy atom. The number of sulfonamides is 1. The highest BCUT2D eigenvalue weighted by molar-refractivity contribution is 8.01. The van der Waals surface area contributed by atoms with Crippen LogP contribution >= 0.6 is 23.1 Å². The Hall–Kier alpha value is -1.85. The van der Waals surface area contributed by atoms with Gasteiger partial charge in [-0.1, -0.05) is 56.9 Å². The summed E-state index contributed by atoms with van der Waals surface area (Å²) in [7, 11) is -3.60. The molecular weight excluding hydrogens is 444 g/mol. The minimum Gasteiger partial charge on any atom is -0.476 e. The van der Waals surface area contributed by atoms with Crippen molar-refractivity contribution in [3.8, 4) is 5.75 Å². The Balaban J connectivity index is 1.83. The Bertz CT molecular complexity index is 1030. The summed E-state index contributed by atoms with van der Waals surface area (Å²) in [5, 5.41) is 11.1. The topological polar surface area (TPSA) is 101 Å². The first kappa shape index (κ1) is 22.8. The van der Waals surface area contributed by atoms with Crippen molar-refractivity contribution in [2.75, 3.05) is 28.2 Å². The number of carbonyl (C=O) groups excluding carboxylic acids is 1. The van der Waals surface area contributed by atoms with Gasteiger partial charge in [0.25, 0.3) is 5.91 Å². The van der Waals surface area contributed by atoms with Crippen molar-refractivity contribution in [3.63, 3.8) is 0 Å². The number of rotatable bonds is 6. The summed E-state index contributed by atoms with van der Waals surface area (Å²) >= 11 is 2.86. The molecule has 0 bridgehead atoms. The molecule has 0 saturated heterocycles. The van der Waals surface area contributed by atoms with Crippen LogP contribution in [0.2, 0.25) is 0 Å². The average molecular weight is 471 g/mol. The van der Waals surface area contributed by atoms with Gasteiger partial charge in [0.2, 0.25) is 15.2 Å². The van der Waals surface area contributed by atoms with Crippen LogP contribution in [-0.4, -0.2) is 49.2 Å². The monoisotopic (exact) mass is 470 g/mol. The van der Waals surface area contributed by atoms with Gasteiger partial charge < -0.3 is 4.74 Å². The zero-order chi connectivity index (χ0) is 22.1. The number of nitrogens with one attached hydrogen (secondary N) is 1. The lowest BCUT2D eigenvalue weighted by Crippen LogP contribution is -2.48. The van der Waals surface area contributed by atoms with Crippen molar-refractivity contribution in [2.45, 2.75) is 50.0 Å². The fourth-order valence-electron chi connectivity index (χ4n) is 2.86. The van der Waals surface area contributed by atoms with Crippen LogP contribution in [0.1, 0.15) is 39.7 Å². The molecule has 0 radical (unpaired) electrons. The fourth-order valence-corrected chi connectivity index (χ4v) is 5.45. The fraction of sp³-hybridized carbons (Fsp3) is 0.526. The maximum Gasteiger partial charge on any atom is 0.269 e. The van der Waals surface area contributed by atoms with Crippen LogP contribution in [0.25, 0.3) is 0 Å². The Morgan fingerprint density at radius 2 is 2.10 bits per heavy atom. The maximum atomic E-state index is 12.8. The SMILES string of the molecule is CCCSc1nnc(NC(=O)[C@H]2CN(S(C)(=O)=O)c3cc(C(C)(C)C)ccc3O2)s1. The number of hydrogen-bond donors (Lipinski definition) is 1. The summed E-state index contributed by atoms with van der Waals surface area (Å²) in [4.78, 5) is 12.8. The Kier molecular flexibility index (Phi) is 6.63. The molecule has 2 heterocycles. The van der Waals surface area contributed by atoms with Crippen molar-refractivity contribution in [1.82, 2.24) is 10.2 Å². The van der Waals surface area contributed by atoms with Gasteiger partial charge in [0.15, 0.2) is 10.4 Å². The third-order valence-corrected chi connectivity index (χ3v) is 7.78. The van der Waals surface area contributed by atoms with Crippen molar-refractivity contribution in [1.29, 1.82) is 0 Å². The molecule has 0 aliphatic carbocycles. The predicted molar refractivity (Wildman–Crippen MR) is 121 cm³/mol. The van der Waals surface area contributed by atoms with Crippen molar-refractivity contribution >= 4 is 49.8 Å². The molecule has 0 saturated carbocycles. The molecule has 1 atom stereocenters. The summed E-state index contributed by atoms with van der Waals surface area (Å²) in [6.45, 7) is 8.12. The normalized spacial score (nSPS) is 16.7. The van der Waals surface area contributed by atoms with Crippen molar-refractivity contribution in [3.05, 3.63) is 23.8 Å². The Morgan fingerprint density at radius 3 is 2.73 bits per heavy atom. The second-order valence-electron chi connectivity index (χ2n) is 8.04. The first-order valence-electron chi connectivity index (χ1n) is 9.55. The third kappa shape index (κ3) is 5.25. The summed E-state index contributed by atoms with van der Waals surface area (Å²) in [5.41, 5.74) is 1.27. The van der Waals surface area contributed by atoms with Crippen molar-refractivity contribution < 1.29 is 17.9 Å². The van der Waals surface area contributed by atoms with E-state index in [0.717, 1.165) is 28.3 Å². The average Bonchev–Trinajstić information content (AvgIpc) is 3.10. The lowest BCUT2D eigenvalue weighted by Gasteiger charge is -2.35. The van der Waals surface area contributed by atoms with Gasteiger partial charge in [0.1, 0.15) is 5.75 Å². The lowest BCUT2D eigenvalue weighted by molar-refractivity contribution is -0.122. The standard InChI is InChI=1S/C19H26N4O4S3/c1-6-9-28-18-22-21-17(29-18)20-16(24)15-11-23(30(5,25)26)13-10-12(19(2,3)4)7-8-14(13)27-15/h7-8,10,15H,6,9,11H2,1-5H3,(H,20,21,24)/t15-/m1/s1. The molecule has 1 aromatic heterocycles. The zero-order valence-corrected chi connectivity index (χ0v) is 20.1. The number of nitrogens with zero attached hydrogens (tertiary/aromatic N) is 3. The number of carbonyl (C=O) groups is 1. The number of fused-ring (bicyclic) bond motifs is 1. The molecule has 30 heavy (non-hydrogen) atoms. The second-order valence-corrected chi connectivity index (χ2v) is 12.3. The molecule has 11 heteroatoms. The van der Waals surface area contributed by atoms with Gasteiger partial charge in [0, 0.05) is 5.75 Å². The second kappa shape index (κ2) is 8.72. The van der Waals surface area contributed by atoms with Crippen LogP contribution in [0.5, 0.6) is 5.75 Å². The number of benzene rings is 1.